The van der Waals surface area contributed by atoms with Gasteiger partial charge in [0.2, 0.25) is 10.0 Å². The zero-order valence-electron chi connectivity index (χ0n) is 19.8. The molecule has 1 heterocycles. The van der Waals surface area contributed by atoms with Gasteiger partial charge in [0.15, 0.2) is 0 Å². The van der Waals surface area contributed by atoms with Gasteiger partial charge in [0, 0.05) is 31.7 Å². The number of hydrogen-bond donors (Lipinski definition) is 1. The lowest BCUT2D eigenvalue weighted by Gasteiger charge is -2.29. The van der Waals surface area contributed by atoms with Gasteiger partial charge in [0.1, 0.15) is 0 Å². The van der Waals surface area contributed by atoms with Gasteiger partial charge in [0.25, 0.3) is 11.8 Å². The zero-order valence-corrected chi connectivity index (χ0v) is 20.6. The fraction of sp³-hybridized carbons (Fsp3) is 0.440. The Bertz CT molecular complexity index is 1120. The highest BCUT2D eigenvalue weighted by Crippen LogP contribution is 2.26. The number of para-hydroxylation sites is 1. The third kappa shape index (κ3) is 5.45. The van der Waals surface area contributed by atoms with Crippen LogP contribution >= 0.6 is 0 Å². The molecule has 2 aromatic rings. The number of amides is 2. The van der Waals surface area contributed by atoms with Crippen LogP contribution in [-0.2, 0) is 10.0 Å². The number of sulfonamides is 1. The van der Waals surface area contributed by atoms with E-state index in [-0.39, 0.29) is 16.4 Å². The molecule has 2 aromatic carbocycles. The molecule has 0 bridgehead atoms. The van der Waals surface area contributed by atoms with Gasteiger partial charge in [-0.1, -0.05) is 25.1 Å². The molecule has 0 atom stereocenters. The summed E-state index contributed by atoms with van der Waals surface area (Å²) in [6.07, 6.45) is 1.66. The highest BCUT2D eigenvalue weighted by Gasteiger charge is 2.29. The number of benzene rings is 2. The van der Waals surface area contributed by atoms with Gasteiger partial charge >= 0.3 is 0 Å². The van der Waals surface area contributed by atoms with Crippen LogP contribution in [0.15, 0.2) is 47.4 Å². The fourth-order valence-corrected chi connectivity index (χ4v) is 5.53. The molecule has 0 aliphatic carbocycles. The van der Waals surface area contributed by atoms with E-state index >= 15 is 0 Å². The van der Waals surface area contributed by atoms with Crippen LogP contribution in [0.3, 0.4) is 0 Å². The quantitative estimate of drug-likeness (QED) is 0.657. The molecule has 178 valence electrons. The minimum Gasteiger partial charge on any atom is -0.339 e. The Labute approximate surface area is 196 Å². The molecule has 2 amide bonds. The van der Waals surface area contributed by atoms with Crippen molar-refractivity contribution >= 4 is 27.5 Å². The van der Waals surface area contributed by atoms with Gasteiger partial charge in [-0.3, -0.25) is 9.59 Å². The number of nitrogens with zero attached hydrogens (tertiary/aromatic N) is 2. The van der Waals surface area contributed by atoms with E-state index in [0.717, 1.165) is 12.8 Å². The monoisotopic (exact) mass is 471 g/mol. The first-order valence-corrected chi connectivity index (χ1v) is 12.9. The highest BCUT2D eigenvalue weighted by molar-refractivity contribution is 7.89. The van der Waals surface area contributed by atoms with Crippen LogP contribution < -0.4 is 5.32 Å². The predicted molar refractivity (Wildman–Crippen MR) is 130 cm³/mol. The smallest absolute Gasteiger partial charge is 0.255 e. The third-order valence-corrected chi connectivity index (χ3v) is 8.19. The van der Waals surface area contributed by atoms with E-state index in [1.807, 2.05) is 13.8 Å². The Kier molecular flexibility index (Phi) is 7.92. The van der Waals surface area contributed by atoms with Crippen LogP contribution in [0, 0.1) is 12.8 Å². The van der Waals surface area contributed by atoms with Gasteiger partial charge < -0.3 is 10.2 Å². The van der Waals surface area contributed by atoms with Crippen molar-refractivity contribution in [1.29, 1.82) is 0 Å². The van der Waals surface area contributed by atoms with E-state index in [0.29, 0.717) is 48.9 Å². The van der Waals surface area contributed by atoms with E-state index in [1.54, 1.807) is 48.2 Å². The largest absolute Gasteiger partial charge is 0.339 e. The number of aryl methyl sites for hydroxylation is 1. The summed E-state index contributed by atoms with van der Waals surface area (Å²) in [6, 6.07) is 11.5. The Morgan fingerprint density at radius 1 is 1.03 bits per heavy atom. The highest BCUT2D eigenvalue weighted by atomic mass is 32.2. The number of nitrogens with one attached hydrogen (secondary N) is 1. The Morgan fingerprint density at radius 2 is 1.67 bits per heavy atom. The lowest BCUT2D eigenvalue weighted by Crippen LogP contribution is -2.38. The molecule has 1 N–H and O–H groups in total. The molecule has 3 rings (SSSR count). The molecule has 1 aliphatic rings. The van der Waals surface area contributed by atoms with Crippen LogP contribution in [0.4, 0.5) is 5.69 Å². The first-order valence-electron chi connectivity index (χ1n) is 11.5. The Hall–Kier alpha value is -2.71. The van der Waals surface area contributed by atoms with Crippen molar-refractivity contribution in [3.63, 3.8) is 0 Å². The molecule has 33 heavy (non-hydrogen) atoms. The molecule has 0 spiro atoms. The van der Waals surface area contributed by atoms with Gasteiger partial charge in [-0.25, -0.2) is 8.42 Å². The van der Waals surface area contributed by atoms with Crippen molar-refractivity contribution in [3.05, 3.63) is 59.2 Å². The number of piperidine rings is 1. The van der Waals surface area contributed by atoms with Gasteiger partial charge in [-0.05, 0) is 69.4 Å². The van der Waals surface area contributed by atoms with Crippen LogP contribution in [0.25, 0.3) is 0 Å². The molecule has 0 radical (unpaired) electrons. The number of carbonyl (C=O) groups excluding carboxylic acids is 2. The molecule has 0 unspecified atom stereocenters. The van der Waals surface area contributed by atoms with Crippen molar-refractivity contribution < 1.29 is 18.0 Å². The van der Waals surface area contributed by atoms with Crippen molar-refractivity contribution in [1.82, 2.24) is 9.21 Å². The number of carbonyl (C=O) groups is 2. The van der Waals surface area contributed by atoms with E-state index < -0.39 is 15.9 Å². The molecule has 0 aromatic heterocycles. The standard InChI is InChI=1S/C25H33N3O4S/c1-5-27(6-2)25(30)21-9-7-8-10-23(21)26-24(29)22-17-20(12-11-19(22)4)33(31,32)28-15-13-18(3)14-16-28/h7-12,17-18H,5-6,13-16H2,1-4H3,(H,26,29). The second kappa shape index (κ2) is 10.5. The Balaban J connectivity index is 1.88. The molecule has 1 aliphatic heterocycles. The predicted octanol–water partition coefficient (Wildman–Crippen LogP) is 4.15. The second-order valence-electron chi connectivity index (χ2n) is 8.54. The maximum atomic E-state index is 13.2. The normalized spacial score (nSPS) is 15.3. The topological polar surface area (TPSA) is 86.8 Å². The molecule has 7 nitrogen and oxygen atoms in total. The van der Waals surface area contributed by atoms with E-state index in [2.05, 4.69) is 12.2 Å². The summed E-state index contributed by atoms with van der Waals surface area (Å²) in [5, 5.41) is 2.82. The summed E-state index contributed by atoms with van der Waals surface area (Å²) in [6.45, 7) is 9.79. The van der Waals surface area contributed by atoms with E-state index in [1.165, 1.54) is 10.4 Å². The molecule has 1 saturated heterocycles. The lowest BCUT2D eigenvalue weighted by atomic mass is 10.0. The average molecular weight is 472 g/mol. The number of anilines is 1. The molecule has 1 fully saturated rings. The Morgan fingerprint density at radius 3 is 2.30 bits per heavy atom. The first kappa shape index (κ1) is 24.9. The minimum atomic E-state index is -3.68. The van der Waals surface area contributed by atoms with Crippen molar-refractivity contribution in [2.45, 2.75) is 45.4 Å². The second-order valence-corrected chi connectivity index (χ2v) is 10.5. The van der Waals surface area contributed by atoms with Gasteiger partial charge in [0.05, 0.1) is 16.1 Å². The van der Waals surface area contributed by atoms with Crippen molar-refractivity contribution in [2.75, 3.05) is 31.5 Å². The van der Waals surface area contributed by atoms with Crippen molar-refractivity contribution in [2.24, 2.45) is 5.92 Å². The van der Waals surface area contributed by atoms with Gasteiger partial charge in [-0.15, -0.1) is 0 Å². The molecular formula is C25H33N3O4S. The first-order chi connectivity index (χ1) is 15.7. The van der Waals surface area contributed by atoms with Crippen LogP contribution in [0.2, 0.25) is 0 Å². The number of rotatable bonds is 7. The summed E-state index contributed by atoms with van der Waals surface area (Å²) in [4.78, 5) is 27.9. The fourth-order valence-electron chi connectivity index (χ4n) is 4.03. The summed E-state index contributed by atoms with van der Waals surface area (Å²) >= 11 is 0. The average Bonchev–Trinajstić information content (AvgIpc) is 2.80. The summed E-state index contributed by atoms with van der Waals surface area (Å²) in [7, 11) is -3.68. The maximum absolute atomic E-state index is 13.2. The molecular weight excluding hydrogens is 438 g/mol. The molecule has 8 heteroatoms. The van der Waals surface area contributed by atoms with E-state index in [4.69, 9.17) is 0 Å². The van der Waals surface area contributed by atoms with Crippen LogP contribution in [0.1, 0.15) is 59.9 Å². The van der Waals surface area contributed by atoms with Crippen LogP contribution in [-0.4, -0.2) is 55.6 Å². The summed E-state index contributed by atoms with van der Waals surface area (Å²) in [5.74, 6) is -0.102. The zero-order chi connectivity index (χ0) is 24.2. The third-order valence-electron chi connectivity index (χ3n) is 6.29. The minimum absolute atomic E-state index is 0.111. The van der Waals surface area contributed by atoms with Gasteiger partial charge in [-0.2, -0.15) is 4.31 Å². The maximum Gasteiger partial charge on any atom is 0.255 e. The van der Waals surface area contributed by atoms with Crippen molar-refractivity contribution in [3.8, 4) is 0 Å². The van der Waals surface area contributed by atoms with E-state index in [9.17, 15) is 18.0 Å². The SMILES string of the molecule is CCN(CC)C(=O)c1ccccc1NC(=O)c1cc(S(=O)(=O)N2CCC(C)CC2)ccc1C. The number of hydrogen-bond acceptors (Lipinski definition) is 4. The summed E-state index contributed by atoms with van der Waals surface area (Å²) < 4.78 is 27.8. The van der Waals surface area contributed by atoms with Crippen LogP contribution in [0.5, 0.6) is 0 Å². The lowest BCUT2D eigenvalue weighted by molar-refractivity contribution is 0.0774. The summed E-state index contributed by atoms with van der Waals surface area (Å²) in [5.41, 5.74) is 1.73. The molecule has 0 saturated carbocycles.